The fraction of sp³-hybridized carbons (Fsp3) is 0.385. The molecular formula is C13H15N5S. The fourth-order valence-corrected chi connectivity index (χ4v) is 2.20. The van der Waals surface area contributed by atoms with E-state index in [4.69, 9.17) is 18.0 Å². The van der Waals surface area contributed by atoms with Crippen LogP contribution in [-0.4, -0.2) is 32.5 Å². The summed E-state index contributed by atoms with van der Waals surface area (Å²) in [5.41, 5.74) is 7.09. The lowest BCUT2D eigenvalue weighted by atomic mass is 10.3. The minimum absolute atomic E-state index is 0.547. The number of nitrogens with zero attached hydrogens (tertiary/aromatic N) is 4. The lowest BCUT2D eigenvalue weighted by Crippen LogP contribution is -2.30. The van der Waals surface area contributed by atoms with E-state index < -0.39 is 0 Å². The molecule has 2 N–H and O–H groups in total. The van der Waals surface area contributed by atoms with Crippen molar-refractivity contribution in [2.45, 2.75) is 25.3 Å². The smallest absolute Gasteiger partial charge is 0.180 e. The highest BCUT2D eigenvalue weighted by atomic mass is 32.1. The van der Waals surface area contributed by atoms with Gasteiger partial charge in [0.2, 0.25) is 0 Å². The minimum Gasteiger partial charge on any atom is -0.393 e. The summed E-state index contributed by atoms with van der Waals surface area (Å²) in [5.74, 6) is 0.937. The molecule has 19 heavy (non-hydrogen) atoms. The lowest BCUT2D eigenvalue weighted by Gasteiger charge is -2.23. The largest absolute Gasteiger partial charge is 0.393 e. The highest BCUT2D eigenvalue weighted by Crippen LogP contribution is 2.31. The number of nitrogens with two attached hydrogens (primary N) is 1. The van der Waals surface area contributed by atoms with E-state index >= 15 is 0 Å². The molecule has 3 rings (SSSR count). The maximum absolute atomic E-state index is 5.59. The van der Waals surface area contributed by atoms with Crippen LogP contribution in [0.5, 0.6) is 0 Å². The second-order valence-corrected chi connectivity index (χ2v) is 5.23. The highest BCUT2D eigenvalue weighted by Gasteiger charge is 2.29. The van der Waals surface area contributed by atoms with Gasteiger partial charge in [-0.05, 0) is 25.0 Å². The number of pyridine rings is 1. The molecule has 0 saturated heterocycles. The zero-order chi connectivity index (χ0) is 13.2. The topological polar surface area (TPSA) is 67.9 Å². The van der Waals surface area contributed by atoms with Crippen LogP contribution in [0.4, 0.5) is 5.82 Å². The van der Waals surface area contributed by atoms with Crippen molar-refractivity contribution >= 4 is 34.2 Å². The van der Waals surface area contributed by atoms with Crippen LogP contribution in [0.3, 0.4) is 0 Å². The van der Waals surface area contributed by atoms with Gasteiger partial charge in [-0.15, -0.1) is 0 Å². The van der Waals surface area contributed by atoms with Gasteiger partial charge in [0.15, 0.2) is 5.65 Å². The van der Waals surface area contributed by atoms with Gasteiger partial charge in [-0.2, -0.15) is 0 Å². The Balaban J connectivity index is 1.88. The van der Waals surface area contributed by atoms with Gasteiger partial charge in [0.25, 0.3) is 0 Å². The maximum Gasteiger partial charge on any atom is 0.180 e. The highest BCUT2D eigenvalue weighted by molar-refractivity contribution is 7.80. The van der Waals surface area contributed by atoms with E-state index in [2.05, 4.69) is 19.9 Å². The summed E-state index contributed by atoms with van der Waals surface area (Å²) < 4.78 is 0. The van der Waals surface area contributed by atoms with Crippen LogP contribution in [-0.2, 0) is 0 Å². The zero-order valence-electron chi connectivity index (χ0n) is 10.5. The number of anilines is 1. The third-order valence-corrected chi connectivity index (χ3v) is 3.40. The van der Waals surface area contributed by atoms with Gasteiger partial charge in [-0.25, -0.2) is 9.97 Å². The average Bonchev–Trinajstić information content (AvgIpc) is 3.23. The van der Waals surface area contributed by atoms with Crippen molar-refractivity contribution in [1.29, 1.82) is 0 Å². The molecule has 1 saturated carbocycles. The van der Waals surface area contributed by atoms with Gasteiger partial charge >= 0.3 is 0 Å². The van der Waals surface area contributed by atoms with Gasteiger partial charge in [0.1, 0.15) is 11.3 Å². The van der Waals surface area contributed by atoms with Crippen LogP contribution in [0, 0.1) is 0 Å². The first-order valence-electron chi connectivity index (χ1n) is 6.37. The molecule has 5 nitrogen and oxygen atoms in total. The number of aromatic nitrogens is 3. The first kappa shape index (κ1) is 12.2. The molecule has 1 fully saturated rings. The summed E-state index contributed by atoms with van der Waals surface area (Å²) in [6, 6.07) is 4.52. The van der Waals surface area contributed by atoms with Crippen molar-refractivity contribution in [3.05, 3.63) is 24.5 Å². The molecule has 0 amide bonds. The second kappa shape index (κ2) is 5.05. The quantitative estimate of drug-likeness (QED) is 0.836. The van der Waals surface area contributed by atoms with Crippen LogP contribution >= 0.6 is 12.2 Å². The maximum atomic E-state index is 5.59. The van der Waals surface area contributed by atoms with E-state index in [1.165, 1.54) is 12.8 Å². The number of hydrogen-bond donors (Lipinski definition) is 1. The summed E-state index contributed by atoms with van der Waals surface area (Å²) >= 11 is 4.96. The van der Waals surface area contributed by atoms with Crippen LogP contribution in [0.15, 0.2) is 24.5 Å². The minimum atomic E-state index is 0.547. The standard InChI is InChI=1S/C13H15N5S/c14-11(19)5-8-18(9-1-2-9)12-4-3-10-13(17-12)16-7-6-15-10/h3-4,6-7,9H,1-2,5,8H2,(H2,14,19). The fourth-order valence-electron chi connectivity index (χ4n) is 2.11. The van der Waals surface area contributed by atoms with Gasteiger partial charge in [0.05, 0.1) is 4.99 Å². The number of rotatable bonds is 5. The Kier molecular flexibility index (Phi) is 3.25. The van der Waals surface area contributed by atoms with Crippen LogP contribution in [0.2, 0.25) is 0 Å². The Bertz CT molecular complexity index is 611. The lowest BCUT2D eigenvalue weighted by molar-refractivity contribution is 0.787. The van der Waals surface area contributed by atoms with Gasteiger partial charge in [-0.1, -0.05) is 12.2 Å². The third kappa shape index (κ3) is 2.78. The predicted molar refractivity (Wildman–Crippen MR) is 79.1 cm³/mol. The summed E-state index contributed by atoms with van der Waals surface area (Å²) in [5, 5.41) is 0. The molecular weight excluding hydrogens is 258 g/mol. The molecule has 0 aliphatic heterocycles. The van der Waals surface area contributed by atoms with Crippen molar-refractivity contribution < 1.29 is 0 Å². The summed E-state index contributed by atoms with van der Waals surface area (Å²) in [4.78, 5) is 15.9. The van der Waals surface area contributed by atoms with Gasteiger partial charge < -0.3 is 10.6 Å². The number of thiocarbonyl (C=S) groups is 1. The summed E-state index contributed by atoms with van der Waals surface area (Å²) in [6.07, 6.45) is 6.46. The van der Waals surface area contributed by atoms with E-state index in [0.717, 1.165) is 17.9 Å². The van der Waals surface area contributed by atoms with Crippen molar-refractivity contribution in [2.75, 3.05) is 11.4 Å². The Hall–Kier alpha value is -1.82. The molecule has 98 valence electrons. The van der Waals surface area contributed by atoms with Crippen molar-refractivity contribution in [2.24, 2.45) is 5.73 Å². The van der Waals surface area contributed by atoms with Crippen molar-refractivity contribution in [3.63, 3.8) is 0 Å². The van der Waals surface area contributed by atoms with Gasteiger partial charge in [-0.3, -0.25) is 4.98 Å². The van der Waals surface area contributed by atoms with E-state index in [9.17, 15) is 0 Å². The molecule has 2 aromatic heterocycles. The molecule has 1 aliphatic rings. The van der Waals surface area contributed by atoms with Crippen molar-refractivity contribution in [1.82, 2.24) is 15.0 Å². The van der Waals surface area contributed by atoms with Crippen molar-refractivity contribution in [3.8, 4) is 0 Å². The Morgan fingerprint density at radius 3 is 2.84 bits per heavy atom. The average molecular weight is 273 g/mol. The molecule has 2 aromatic rings. The van der Waals surface area contributed by atoms with Gasteiger partial charge in [0, 0.05) is 31.4 Å². The first-order chi connectivity index (χ1) is 9.24. The Morgan fingerprint density at radius 1 is 1.32 bits per heavy atom. The third-order valence-electron chi connectivity index (χ3n) is 3.20. The summed E-state index contributed by atoms with van der Waals surface area (Å²) in [6.45, 7) is 0.818. The number of hydrogen-bond acceptors (Lipinski definition) is 5. The second-order valence-electron chi connectivity index (χ2n) is 4.71. The number of fused-ring (bicyclic) bond motifs is 1. The molecule has 2 heterocycles. The summed E-state index contributed by atoms with van der Waals surface area (Å²) in [7, 11) is 0. The molecule has 0 unspecified atom stereocenters. The van der Waals surface area contributed by atoms with Crippen LogP contribution in [0.1, 0.15) is 19.3 Å². The first-order valence-corrected chi connectivity index (χ1v) is 6.77. The van der Waals surface area contributed by atoms with Crippen LogP contribution in [0.25, 0.3) is 11.2 Å². The molecule has 6 heteroatoms. The molecule has 0 aromatic carbocycles. The van der Waals surface area contributed by atoms with E-state index in [1.54, 1.807) is 12.4 Å². The Morgan fingerprint density at radius 2 is 2.11 bits per heavy atom. The normalized spacial score (nSPS) is 14.5. The molecule has 0 radical (unpaired) electrons. The SMILES string of the molecule is NC(=S)CCN(c1ccc2nccnc2n1)C1CC1. The molecule has 0 spiro atoms. The van der Waals surface area contributed by atoms with Crippen LogP contribution < -0.4 is 10.6 Å². The monoisotopic (exact) mass is 273 g/mol. The Labute approximate surface area is 116 Å². The van der Waals surface area contributed by atoms with E-state index in [-0.39, 0.29) is 0 Å². The molecule has 0 atom stereocenters. The van der Waals surface area contributed by atoms with E-state index in [1.807, 2.05) is 12.1 Å². The van der Waals surface area contributed by atoms with E-state index in [0.29, 0.717) is 23.1 Å². The predicted octanol–water partition coefficient (Wildman–Crippen LogP) is 1.67. The molecule has 1 aliphatic carbocycles. The molecule has 0 bridgehead atoms. The zero-order valence-corrected chi connectivity index (χ0v) is 11.3.